The highest BCUT2D eigenvalue weighted by atomic mass is 16.5. The van der Waals surface area contributed by atoms with Crippen molar-refractivity contribution in [3.8, 4) is 0 Å². The highest BCUT2D eigenvalue weighted by Gasteiger charge is 2.45. The van der Waals surface area contributed by atoms with Crippen molar-refractivity contribution in [1.82, 2.24) is 19.9 Å². The van der Waals surface area contributed by atoms with Gasteiger partial charge in [0.25, 0.3) is 5.91 Å². The van der Waals surface area contributed by atoms with Crippen LogP contribution in [0.25, 0.3) is 0 Å². The number of ether oxygens (including phenoxy) is 1. The van der Waals surface area contributed by atoms with Crippen LogP contribution in [0.5, 0.6) is 0 Å². The Bertz CT molecular complexity index is 697. The number of fused-ring (bicyclic) bond motifs is 1. The van der Waals surface area contributed by atoms with Gasteiger partial charge in [-0.2, -0.15) is 0 Å². The van der Waals surface area contributed by atoms with E-state index in [9.17, 15) is 4.79 Å². The monoisotopic (exact) mass is 325 g/mol. The minimum atomic E-state index is -0.0216. The Hall–Kier alpha value is -2.54. The first kappa shape index (κ1) is 15.0. The first-order valence-electron chi connectivity index (χ1n) is 8.14. The van der Waals surface area contributed by atoms with Crippen LogP contribution in [0.1, 0.15) is 10.5 Å². The van der Waals surface area contributed by atoms with Crippen molar-refractivity contribution in [3.63, 3.8) is 0 Å². The molecule has 2 aliphatic heterocycles. The summed E-state index contributed by atoms with van der Waals surface area (Å²) in [6, 6.07) is 7.19. The number of carbonyl (C=O) groups excluding carboxylic acids is 1. The zero-order valence-corrected chi connectivity index (χ0v) is 13.2. The number of rotatable bonds is 4. The van der Waals surface area contributed by atoms with E-state index in [0.29, 0.717) is 43.2 Å². The molecule has 7 nitrogen and oxygen atoms in total. The molecule has 0 radical (unpaired) electrons. The first-order valence-corrected chi connectivity index (χ1v) is 8.14. The molecule has 24 heavy (non-hydrogen) atoms. The van der Waals surface area contributed by atoms with Gasteiger partial charge in [0.05, 0.1) is 12.7 Å². The molecule has 2 saturated heterocycles. The van der Waals surface area contributed by atoms with Crippen molar-refractivity contribution >= 4 is 11.9 Å². The van der Waals surface area contributed by atoms with Crippen LogP contribution in [0, 0.1) is 11.8 Å². The summed E-state index contributed by atoms with van der Waals surface area (Å²) < 4.78 is 5.90. The van der Waals surface area contributed by atoms with Gasteiger partial charge in [-0.15, -0.1) is 0 Å². The third-order valence-corrected chi connectivity index (χ3v) is 4.70. The second-order valence-electron chi connectivity index (χ2n) is 6.17. The van der Waals surface area contributed by atoms with Gasteiger partial charge in [-0.1, -0.05) is 6.07 Å². The fourth-order valence-electron chi connectivity index (χ4n) is 3.44. The standard InChI is InChI=1S/C17H19N5O2/c23-16(14-4-1-2-5-18-14)22-9-13-12(11-24-15(13)10-22)8-21-17-19-6-3-7-20-17/h1-7,12-13,15H,8-11H2,(H,19,20,21)/t12-,13+,15+/m1/s1. The van der Waals surface area contributed by atoms with Gasteiger partial charge < -0.3 is 15.0 Å². The van der Waals surface area contributed by atoms with Gasteiger partial charge in [0, 0.05) is 50.1 Å². The second-order valence-corrected chi connectivity index (χ2v) is 6.17. The molecule has 0 aromatic carbocycles. The van der Waals surface area contributed by atoms with Crippen molar-refractivity contribution in [2.45, 2.75) is 6.10 Å². The average molecular weight is 325 g/mol. The van der Waals surface area contributed by atoms with Crippen LogP contribution in [0.3, 0.4) is 0 Å². The zero-order chi connectivity index (χ0) is 16.4. The van der Waals surface area contributed by atoms with Gasteiger partial charge in [0.15, 0.2) is 0 Å². The Morgan fingerprint density at radius 1 is 1.17 bits per heavy atom. The number of carbonyl (C=O) groups is 1. The average Bonchev–Trinajstić information content (AvgIpc) is 3.22. The zero-order valence-electron chi connectivity index (χ0n) is 13.2. The van der Waals surface area contributed by atoms with Crippen LogP contribution in [0.2, 0.25) is 0 Å². The number of aromatic nitrogens is 3. The lowest BCUT2D eigenvalue weighted by Gasteiger charge is -2.19. The number of likely N-dealkylation sites (tertiary alicyclic amines) is 1. The minimum absolute atomic E-state index is 0.0216. The normalized spacial score (nSPS) is 25.5. The lowest BCUT2D eigenvalue weighted by atomic mass is 9.93. The Morgan fingerprint density at radius 3 is 2.79 bits per heavy atom. The maximum Gasteiger partial charge on any atom is 0.272 e. The highest BCUT2D eigenvalue weighted by molar-refractivity contribution is 5.92. The molecule has 0 bridgehead atoms. The van der Waals surface area contributed by atoms with Crippen LogP contribution in [-0.4, -0.2) is 58.1 Å². The number of nitrogens with one attached hydrogen (secondary N) is 1. The van der Waals surface area contributed by atoms with E-state index in [1.807, 2.05) is 17.0 Å². The topological polar surface area (TPSA) is 80.2 Å². The predicted molar refractivity (Wildman–Crippen MR) is 87.4 cm³/mol. The number of nitrogens with zero attached hydrogens (tertiary/aromatic N) is 4. The minimum Gasteiger partial charge on any atom is -0.376 e. The number of hydrogen-bond donors (Lipinski definition) is 1. The SMILES string of the molecule is O=C(c1ccccn1)N1C[C@H]2[C@H](CNc3ncccn3)CO[C@H]2C1. The fraction of sp³-hybridized carbons (Fsp3) is 0.412. The van der Waals surface area contributed by atoms with Crippen molar-refractivity contribution in [2.24, 2.45) is 11.8 Å². The first-order chi connectivity index (χ1) is 11.8. The van der Waals surface area contributed by atoms with E-state index in [0.717, 1.165) is 6.54 Å². The second kappa shape index (κ2) is 6.52. The van der Waals surface area contributed by atoms with Gasteiger partial charge in [0.2, 0.25) is 5.95 Å². The number of hydrogen-bond acceptors (Lipinski definition) is 6. The van der Waals surface area contributed by atoms with Crippen molar-refractivity contribution < 1.29 is 9.53 Å². The number of anilines is 1. The molecule has 1 N–H and O–H groups in total. The molecule has 0 saturated carbocycles. The molecule has 2 fully saturated rings. The van der Waals surface area contributed by atoms with Gasteiger partial charge >= 0.3 is 0 Å². The molecule has 4 heterocycles. The number of amides is 1. The van der Waals surface area contributed by atoms with Crippen LogP contribution in [0.4, 0.5) is 5.95 Å². The molecule has 0 spiro atoms. The molecule has 1 amide bonds. The summed E-state index contributed by atoms with van der Waals surface area (Å²) >= 11 is 0. The maximum absolute atomic E-state index is 12.5. The predicted octanol–water partition coefficient (Wildman–Crippen LogP) is 1.07. The largest absolute Gasteiger partial charge is 0.376 e. The molecule has 7 heteroatoms. The van der Waals surface area contributed by atoms with E-state index in [2.05, 4.69) is 20.3 Å². The van der Waals surface area contributed by atoms with E-state index in [4.69, 9.17) is 4.74 Å². The van der Waals surface area contributed by atoms with E-state index in [-0.39, 0.29) is 12.0 Å². The van der Waals surface area contributed by atoms with Crippen LogP contribution < -0.4 is 5.32 Å². The lowest BCUT2D eigenvalue weighted by molar-refractivity contribution is 0.0675. The molecule has 124 valence electrons. The molecule has 0 aliphatic carbocycles. The van der Waals surface area contributed by atoms with E-state index >= 15 is 0 Å². The smallest absolute Gasteiger partial charge is 0.272 e. The summed E-state index contributed by atoms with van der Waals surface area (Å²) in [6.07, 6.45) is 5.19. The highest BCUT2D eigenvalue weighted by Crippen LogP contribution is 2.34. The van der Waals surface area contributed by atoms with E-state index in [1.165, 1.54) is 0 Å². The van der Waals surface area contributed by atoms with Crippen molar-refractivity contribution in [3.05, 3.63) is 48.5 Å². The van der Waals surface area contributed by atoms with Gasteiger partial charge in [-0.3, -0.25) is 9.78 Å². The summed E-state index contributed by atoms with van der Waals surface area (Å²) in [5, 5.41) is 3.26. The summed E-state index contributed by atoms with van der Waals surface area (Å²) in [7, 11) is 0. The van der Waals surface area contributed by atoms with Crippen LogP contribution in [-0.2, 0) is 4.74 Å². The Morgan fingerprint density at radius 2 is 2.00 bits per heavy atom. The molecule has 0 unspecified atom stereocenters. The molecule has 2 aromatic rings. The van der Waals surface area contributed by atoms with Crippen molar-refractivity contribution in [1.29, 1.82) is 0 Å². The summed E-state index contributed by atoms with van der Waals surface area (Å²) in [5.74, 6) is 1.29. The summed E-state index contributed by atoms with van der Waals surface area (Å²) in [4.78, 5) is 26.9. The Kier molecular flexibility index (Phi) is 4.08. The van der Waals surface area contributed by atoms with Gasteiger partial charge in [-0.25, -0.2) is 9.97 Å². The molecular formula is C17H19N5O2. The quantitative estimate of drug-likeness (QED) is 0.906. The van der Waals surface area contributed by atoms with Crippen LogP contribution in [0.15, 0.2) is 42.9 Å². The van der Waals surface area contributed by atoms with Crippen molar-refractivity contribution in [2.75, 3.05) is 31.6 Å². The molecular weight excluding hydrogens is 306 g/mol. The maximum atomic E-state index is 12.5. The molecule has 2 aromatic heterocycles. The Labute approximate surface area is 140 Å². The summed E-state index contributed by atoms with van der Waals surface area (Å²) in [5.41, 5.74) is 0.491. The molecule has 4 rings (SSSR count). The number of pyridine rings is 1. The molecule has 2 aliphatic rings. The van der Waals surface area contributed by atoms with Gasteiger partial charge in [-0.05, 0) is 18.2 Å². The van der Waals surface area contributed by atoms with E-state index in [1.54, 1.807) is 30.7 Å². The fourth-order valence-corrected chi connectivity index (χ4v) is 3.44. The third kappa shape index (κ3) is 2.94. The lowest BCUT2D eigenvalue weighted by Crippen LogP contribution is -2.32. The third-order valence-electron chi connectivity index (χ3n) is 4.70. The Balaban J connectivity index is 1.37. The summed E-state index contributed by atoms with van der Waals surface area (Å²) in [6.45, 7) is 2.80. The van der Waals surface area contributed by atoms with Gasteiger partial charge in [0.1, 0.15) is 5.69 Å². The molecule has 3 atom stereocenters. The van der Waals surface area contributed by atoms with Crippen LogP contribution >= 0.6 is 0 Å². The van der Waals surface area contributed by atoms with E-state index < -0.39 is 0 Å².